The Morgan fingerprint density at radius 2 is 1.82 bits per heavy atom. The molecule has 0 spiro atoms. The Morgan fingerprint density at radius 3 is 2.45 bits per heavy atom. The predicted octanol–water partition coefficient (Wildman–Crippen LogP) is 2.92. The minimum absolute atomic E-state index is 0.389. The molecule has 5 nitrogen and oxygen atoms in total. The highest BCUT2D eigenvalue weighted by Crippen LogP contribution is 2.13. The molecule has 0 fully saturated rings. The van der Waals surface area contributed by atoms with Crippen molar-refractivity contribution < 1.29 is 9.53 Å². The van der Waals surface area contributed by atoms with Gasteiger partial charge in [-0.05, 0) is 48.2 Å². The van der Waals surface area contributed by atoms with Gasteiger partial charge in [-0.3, -0.25) is 0 Å². The van der Waals surface area contributed by atoms with E-state index in [0.717, 1.165) is 5.56 Å². The number of benzene rings is 2. The second-order valence-electron chi connectivity index (χ2n) is 4.21. The third-order valence-electron chi connectivity index (χ3n) is 2.67. The zero-order chi connectivity index (χ0) is 15.8. The Balaban J connectivity index is 1.99. The molecule has 0 aliphatic carbocycles. The maximum atomic E-state index is 11.9. The maximum absolute atomic E-state index is 11.9. The van der Waals surface area contributed by atoms with Crippen LogP contribution >= 0.6 is 11.8 Å². The van der Waals surface area contributed by atoms with Gasteiger partial charge in [-0.1, -0.05) is 30.0 Å². The number of rotatable bonds is 4. The monoisotopic (exact) mass is 313 g/mol. The Bertz CT molecular complexity index is 682. The molecule has 2 rings (SSSR count). The molecule has 6 heteroatoms. The van der Waals surface area contributed by atoms with Gasteiger partial charge in [0.1, 0.15) is 5.75 Å². The van der Waals surface area contributed by atoms with Crippen LogP contribution in [0.5, 0.6) is 5.75 Å². The van der Waals surface area contributed by atoms with E-state index in [1.807, 2.05) is 12.3 Å². The van der Waals surface area contributed by atoms with Gasteiger partial charge in [0.2, 0.25) is 0 Å². The highest BCUT2D eigenvalue weighted by molar-refractivity contribution is 8.13. The van der Waals surface area contributed by atoms with Gasteiger partial charge in [0.25, 0.3) is 0 Å². The van der Waals surface area contributed by atoms with E-state index >= 15 is 0 Å². The first-order valence-corrected chi connectivity index (χ1v) is 7.69. The summed E-state index contributed by atoms with van der Waals surface area (Å²) in [5, 5.41) is 8.04. The SMILES string of the molecule is CS/C(N)=N/N=C\c1ccc(OC(=O)c2ccccc2)cc1. The maximum Gasteiger partial charge on any atom is 0.343 e. The topological polar surface area (TPSA) is 77.0 Å². The largest absolute Gasteiger partial charge is 0.423 e. The first-order chi connectivity index (χ1) is 10.7. The van der Waals surface area contributed by atoms with Crippen molar-refractivity contribution in [2.75, 3.05) is 6.26 Å². The molecule has 0 bridgehead atoms. The summed E-state index contributed by atoms with van der Waals surface area (Å²) in [7, 11) is 0. The zero-order valence-corrected chi connectivity index (χ0v) is 12.8. The summed E-state index contributed by atoms with van der Waals surface area (Å²) in [6.07, 6.45) is 3.40. The second kappa shape index (κ2) is 7.99. The fraction of sp³-hybridized carbons (Fsp3) is 0.0625. The molecule has 0 amide bonds. The summed E-state index contributed by atoms with van der Waals surface area (Å²) in [4.78, 5) is 11.9. The highest BCUT2D eigenvalue weighted by atomic mass is 32.2. The molecule has 2 N–H and O–H groups in total. The Labute approximate surface area is 132 Å². The first kappa shape index (κ1) is 15.8. The highest BCUT2D eigenvalue weighted by Gasteiger charge is 2.07. The quantitative estimate of drug-likeness (QED) is 0.309. The fourth-order valence-electron chi connectivity index (χ4n) is 1.56. The van der Waals surface area contributed by atoms with E-state index < -0.39 is 0 Å². The van der Waals surface area contributed by atoms with Crippen molar-refractivity contribution in [1.29, 1.82) is 0 Å². The van der Waals surface area contributed by atoms with E-state index in [9.17, 15) is 4.79 Å². The fourth-order valence-corrected chi connectivity index (χ4v) is 1.68. The first-order valence-electron chi connectivity index (χ1n) is 6.47. The van der Waals surface area contributed by atoms with E-state index in [4.69, 9.17) is 10.5 Å². The molecule has 2 aromatic carbocycles. The third-order valence-corrected chi connectivity index (χ3v) is 3.17. The minimum Gasteiger partial charge on any atom is -0.423 e. The van der Waals surface area contributed by atoms with Gasteiger partial charge in [0, 0.05) is 0 Å². The van der Waals surface area contributed by atoms with E-state index in [-0.39, 0.29) is 5.97 Å². The molecule has 0 saturated heterocycles. The number of esters is 1. The molecule has 0 aliphatic rings. The predicted molar refractivity (Wildman–Crippen MR) is 90.6 cm³/mol. The smallest absolute Gasteiger partial charge is 0.343 e. The van der Waals surface area contributed by atoms with Crippen LogP contribution in [0.25, 0.3) is 0 Å². The molecular weight excluding hydrogens is 298 g/mol. The molecule has 0 atom stereocenters. The molecule has 0 radical (unpaired) electrons. The van der Waals surface area contributed by atoms with E-state index in [1.165, 1.54) is 11.8 Å². The van der Waals surface area contributed by atoms with Crippen LogP contribution in [0.4, 0.5) is 0 Å². The summed E-state index contributed by atoms with van der Waals surface area (Å²) >= 11 is 1.32. The lowest BCUT2D eigenvalue weighted by Gasteiger charge is -2.04. The van der Waals surface area contributed by atoms with Gasteiger partial charge in [0.15, 0.2) is 5.17 Å². The molecular formula is C16H15N3O2S. The van der Waals surface area contributed by atoms with Crippen LogP contribution in [-0.4, -0.2) is 23.6 Å². The van der Waals surface area contributed by atoms with Gasteiger partial charge in [-0.15, -0.1) is 5.10 Å². The van der Waals surface area contributed by atoms with Crippen LogP contribution in [-0.2, 0) is 0 Å². The lowest BCUT2D eigenvalue weighted by molar-refractivity contribution is 0.0735. The standard InChI is InChI=1S/C16H15N3O2S/c1-22-16(17)19-18-11-12-7-9-14(10-8-12)21-15(20)13-5-3-2-4-6-13/h2-11H,1H3,(H2,17,19)/b18-11-. The number of nitrogens with two attached hydrogens (primary N) is 1. The number of ether oxygens (including phenoxy) is 1. The average Bonchev–Trinajstić information content (AvgIpc) is 2.57. The van der Waals surface area contributed by atoms with Crippen molar-refractivity contribution in [1.82, 2.24) is 0 Å². The number of thioether (sulfide) groups is 1. The molecule has 112 valence electrons. The van der Waals surface area contributed by atoms with Gasteiger partial charge < -0.3 is 10.5 Å². The second-order valence-corrected chi connectivity index (χ2v) is 5.04. The van der Waals surface area contributed by atoms with Gasteiger partial charge in [-0.25, -0.2) is 4.79 Å². The van der Waals surface area contributed by atoms with Crippen LogP contribution < -0.4 is 10.5 Å². The Hall–Kier alpha value is -2.60. The number of carbonyl (C=O) groups is 1. The van der Waals surface area contributed by atoms with Gasteiger partial charge in [0.05, 0.1) is 11.8 Å². The molecule has 0 heterocycles. The summed E-state index contributed by atoms with van der Waals surface area (Å²) in [5.41, 5.74) is 6.85. The van der Waals surface area contributed by atoms with Gasteiger partial charge in [-0.2, -0.15) is 5.10 Å². The van der Waals surface area contributed by atoms with Crippen LogP contribution in [0, 0.1) is 0 Å². The average molecular weight is 313 g/mol. The Kier molecular flexibility index (Phi) is 5.73. The summed E-state index contributed by atoms with van der Waals surface area (Å²) < 4.78 is 5.28. The number of hydrogen-bond acceptors (Lipinski definition) is 5. The van der Waals surface area contributed by atoms with Crippen molar-refractivity contribution in [3.05, 3.63) is 65.7 Å². The molecule has 0 aromatic heterocycles. The molecule has 0 unspecified atom stereocenters. The van der Waals surface area contributed by atoms with E-state index in [1.54, 1.807) is 54.7 Å². The molecule has 2 aromatic rings. The third kappa shape index (κ3) is 4.75. The van der Waals surface area contributed by atoms with Crippen molar-refractivity contribution >= 4 is 29.1 Å². The van der Waals surface area contributed by atoms with E-state index in [2.05, 4.69) is 10.2 Å². The van der Waals surface area contributed by atoms with Crippen LogP contribution in [0.15, 0.2) is 64.8 Å². The Morgan fingerprint density at radius 1 is 1.14 bits per heavy atom. The van der Waals surface area contributed by atoms with Crippen LogP contribution in [0.1, 0.15) is 15.9 Å². The normalized spacial score (nSPS) is 11.6. The van der Waals surface area contributed by atoms with Crippen molar-refractivity contribution in [2.24, 2.45) is 15.9 Å². The zero-order valence-electron chi connectivity index (χ0n) is 12.0. The van der Waals surface area contributed by atoms with Crippen LogP contribution in [0.2, 0.25) is 0 Å². The molecule has 0 aliphatic heterocycles. The number of nitrogens with zero attached hydrogens (tertiary/aromatic N) is 2. The minimum atomic E-state index is -0.389. The number of carbonyl (C=O) groups excluding carboxylic acids is 1. The van der Waals surface area contributed by atoms with Crippen LogP contribution in [0.3, 0.4) is 0 Å². The van der Waals surface area contributed by atoms with Crippen molar-refractivity contribution in [3.63, 3.8) is 0 Å². The lowest BCUT2D eigenvalue weighted by Crippen LogP contribution is -2.08. The summed E-state index contributed by atoms with van der Waals surface area (Å²) in [5.74, 6) is 0.0810. The van der Waals surface area contributed by atoms with Gasteiger partial charge >= 0.3 is 5.97 Å². The summed E-state index contributed by atoms with van der Waals surface area (Å²) in [6.45, 7) is 0. The van der Waals surface area contributed by atoms with E-state index in [0.29, 0.717) is 16.5 Å². The van der Waals surface area contributed by atoms with Crippen molar-refractivity contribution in [2.45, 2.75) is 0 Å². The van der Waals surface area contributed by atoms with Crippen molar-refractivity contribution in [3.8, 4) is 5.75 Å². The molecule has 0 saturated carbocycles. The molecule has 22 heavy (non-hydrogen) atoms. The number of amidine groups is 1. The lowest BCUT2D eigenvalue weighted by atomic mass is 10.2. The summed E-state index contributed by atoms with van der Waals surface area (Å²) in [6, 6.07) is 15.8. The number of hydrogen-bond donors (Lipinski definition) is 1.